The molecule has 1 aromatic heterocycles. The predicted molar refractivity (Wildman–Crippen MR) is 102 cm³/mol. The van der Waals surface area contributed by atoms with Gasteiger partial charge in [0.05, 0.1) is 23.3 Å². The summed E-state index contributed by atoms with van der Waals surface area (Å²) in [6.07, 6.45) is 3.14. The molecule has 0 N–H and O–H groups in total. The first-order valence-corrected chi connectivity index (χ1v) is 8.66. The fraction of sp³-hybridized carbons (Fsp3) is 0.238. The van der Waals surface area contributed by atoms with Crippen LogP contribution in [0.1, 0.15) is 56.0 Å². The quantitative estimate of drug-likeness (QED) is 0.688. The average Bonchev–Trinajstić information content (AvgIpc) is 3.26. The topological polar surface area (TPSA) is 78.3 Å². The summed E-state index contributed by atoms with van der Waals surface area (Å²) in [4.78, 5) is 4.01. The largest absolute Gasteiger partial charge is 0.241 e. The minimum atomic E-state index is -0.150. The van der Waals surface area contributed by atoms with E-state index in [2.05, 4.69) is 22.2 Å². The predicted octanol–water partition coefficient (Wildman–Crippen LogP) is 4.71. The lowest BCUT2D eigenvalue weighted by molar-refractivity contribution is 0.594. The zero-order valence-corrected chi connectivity index (χ0v) is 15.6. The number of hydrogen-bond donors (Lipinski definition) is 0. The van der Waals surface area contributed by atoms with Crippen LogP contribution in [-0.2, 0) is 0 Å². The van der Waals surface area contributed by atoms with Crippen molar-refractivity contribution in [2.75, 3.05) is 0 Å². The second-order valence-electron chi connectivity index (χ2n) is 4.75. The van der Waals surface area contributed by atoms with Gasteiger partial charge in [0.15, 0.2) is 0 Å². The van der Waals surface area contributed by atoms with E-state index >= 15 is 0 Å². The lowest BCUT2D eigenvalue weighted by Crippen LogP contribution is -2.13. The van der Waals surface area contributed by atoms with Crippen LogP contribution in [0.3, 0.4) is 0 Å². The maximum Gasteiger partial charge on any atom is 0.137 e. The molecule has 132 valence electrons. The van der Waals surface area contributed by atoms with Crippen molar-refractivity contribution in [2.24, 2.45) is 0 Å². The van der Waals surface area contributed by atoms with Crippen LogP contribution >= 0.6 is 0 Å². The zero-order valence-electron chi connectivity index (χ0n) is 15.6. The van der Waals surface area contributed by atoms with Crippen molar-refractivity contribution >= 4 is 0 Å². The molecule has 5 nitrogen and oxygen atoms in total. The van der Waals surface area contributed by atoms with Gasteiger partial charge in [-0.15, -0.1) is 0 Å². The van der Waals surface area contributed by atoms with Gasteiger partial charge in [0.25, 0.3) is 0 Å². The monoisotopic (exact) mass is 345 g/mol. The lowest BCUT2D eigenvalue weighted by atomic mass is 9.97. The van der Waals surface area contributed by atoms with E-state index in [1.165, 1.54) is 6.33 Å². The summed E-state index contributed by atoms with van der Waals surface area (Å²) < 4.78 is 1.75. The average molecular weight is 345 g/mol. The van der Waals surface area contributed by atoms with Crippen molar-refractivity contribution in [1.29, 1.82) is 10.5 Å². The molecule has 0 aliphatic carbocycles. The highest BCUT2D eigenvalue weighted by molar-refractivity contribution is 5.40. The van der Waals surface area contributed by atoms with Crippen molar-refractivity contribution < 1.29 is 0 Å². The summed E-state index contributed by atoms with van der Waals surface area (Å²) >= 11 is 0. The van der Waals surface area contributed by atoms with Crippen molar-refractivity contribution in [2.45, 2.75) is 33.7 Å². The third-order valence-electron chi connectivity index (χ3n) is 3.41. The third-order valence-corrected chi connectivity index (χ3v) is 3.41. The van der Waals surface area contributed by atoms with Gasteiger partial charge in [0.1, 0.15) is 18.7 Å². The van der Waals surface area contributed by atoms with Crippen molar-refractivity contribution in [1.82, 2.24) is 14.8 Å². The Hall–Kier alpha value is -3.44. The van der Waals surface area contributed by atoms with Crippen LogP contribution in [-0.4, -0.2) is 14.8 Å². The smallest absolute Gasteiger partial charge is 0.137 e. The molecule has 5 heteroatoms. The van der Waals surface area contributed by atoms with Gasteiger partial charge in [-0.1, -0.05) is 52.0 Å². The van der Waals surface area contributed by atoms with E-state index in [1.54, 1.807) is 35.3 Å². The Bertz CT molecular complexity index is 778. The first kappa shape index (κ1) is 20.6. The summed E-state index contributed by atoms with van der Waals surface area (Å²) in [6.45, 7) is 8.00. The number of rotatable bonds is 3. The molecule has 0 aliphatic rings. The van der Waals surface area contributed by atoms with Gasteiger partial charge >= 0.3 is 0 Å². The Kier molecular flexibility index (Phi) is 8.85. The number of nitriles is 2. The minimum absolute atomic E-state index is 0.150. The van der Waals surface area contributed by atoms with Crippen LogP contribution in [0.4, 0.5) is 0 Å². The van der Waals surface area contributed by atoms with Gasteiger partial charge in [-0.25, -0.2) is 9.67 Å². The molecular weight excluding hydrogens is 322 g/mol. The number of nitrogens with zero attached hydrogens (tertiary/aromatic N) is 5. The van der Waals surface area contributed by atoms with E-state index in [1.807, 2.05) is 52.0 Å². The van der Waals surface area contributed by atoms with E-state index in [9.17, 15) is 0 Å². The lowest BCUT2D eigenvalue weighted by Gasteiger charge is -2.18. The van der Waals surface area contributed by atoms with E-state index in [-0.39, 0.29) is 6.04 Å². The number of benzene rings is 2. The summed E-state index contributed by atoms with van der Waals surface area (Å²) in [6, 6.07) is 18.8. The van der Waals surface area contributed by atoms with Gasteiger partial charge < -0.3 is 0 Å². The maximum absolute atomic E-state index is 8.92. The molecular formula is C21H23N5. The molecule has 0 unspecified atom stereocenters. The minimum Gasteiger partial charge on any atom is -0.241 e. The third kappa shape index (κ3) is 5.03. The van der Waals surface area contributed by atoms with E-state index in [0.717, 1.165) is 11.1 Å². The van der Waals surface area contributed by atoms with Crippen LogP contribution < -0.4 is 0 Å². The SMILES string of the molecule is CC.CC.N#Cc1ccc(C(c2ccc(C#N)cc2)n2cncn2)cc1. The molecule has 0 amide bonds. The molecule has 1 heterocycles. The van der Waals surface area contributed by atoms with E-state index in [0.29, 0.717) is 11.1 Å². The van der Waals surface area contributed by atoms with E-state index in [4.69, 9.17) is 10.5 Å². The van der Waals surface area contributed by atoms with Gasteiger partial charge in [-0.3, -0.25) is 0 Å². The molecule has 0 saturated heterocycles. The molecule has 0 atom stereocenters. The molecule has 0 saturated carbocycles. The van der Waals surface area contributed by atoms with Crippen LogP contribution in [0, 0.1) is 22.7 Å². The Labute approximate surface area is 155 Å². The van der Waals surface area contributed by atoms with Crippen LogP contribution in [0.2, 0.25) is 0 Å². The molecule has 0 fully saturated rings. The summed E-state index contributed by atoms with van der Waals surface area (Å²) in [5.41, 5.74) is 3.21. The Morgan fingerprint density at radius 3 is 1.50 bits per heavy atom. The van der Waals surface area contributed by atoms with Crippen molar-refractivity contribution in [3.05, 3.63) is 83.4 Å². The standard InChI is InChI=1S/C17H11N5.2C2H6/c18-9-13-1-5-15(6-2-13)17(22-12-20-11-21-22)16-7-3-14(10-19)4-8-16;2*1-2/h1-8,11-12,17H;2*1-2H3. The molecule has 3 aromatic rings. The van der Waals surface area contributed by atoms with Crippen LogP contribution in [0.5, 0.6) is 0 Å². The first-order valence-electron chi connectivity index (χ1n) is 8.66. The van der Waals surface area contributed by atoms with Crippen LogP contribution in [0.15, 0.2) is 61.2 Å². The van der Waals surface area contributed by atoms with E-state index < -0.39 is 0 Å². The summed E-state index contributed by atoms with van der Waals surface area (Å²) in [5, 5.41) is 22.1. The summed E-state index contributed by atoms with van der Waals surface area (Å²) in [7, 11) is 0. The van der Waals surface area contributed by atoms with Crippen molar-refractivity contribution in [3.8, 4) is 12.1 Å². The Balaban J connectivity index is 0.000000791. The second-order valence-corrected chi connectivity index (χ2v) is 4.75. The van der Waals surface area contributed by atoms with Gasteiger partial charge in [0.2, 0.25) is 0 Å². The van der Waals surface area contributed by atoms with Gasteiger partial charge in [-0.2, -0.15) is 15.6 Å². The molecule has 2 aromatic carbocycles. The molecule has 3 rings (SSSR count). The van der Waals surface area contributed by atoms with Gasteiger partial charge in [0, 0.05) is 0 Å². The molecule has 0 aliphatic heterocycles. The molecule has 26 heavy (non-hydrogen) atoms. The first-order chi connectivity index (χ1) is 12.8. The normalized spacial score (nSPS) is 9.04. The highest BCUT2D eigenvalue weighted by Crippen LogP contribution is 2.26. The van der Waals surface area contributed by atoms with Gasteiger partial charge in [-0.05, 0) is 35.4 Å². The second kappa shape index (κ2) is 11.2. The number of hydrogen-bond acceptors (Lipinski definition) is 4. The molecule has 0 bridgehead atoms. The Morgan fingerprint density at radius 1 is 0.769 bits per heavy atom. The number of aromatic nitrogens is 3. The molecule has 0 radical (unpaired) electrons. The summed E-state index contributed by atoms with van der Waals surface area (Å²) in [5.74, 6) is 0. The fourth-order valence-corrected chi connectivity index (χ4v) is 2.33. The fourth-order valence-electron chi connectivity index (χ4n) is 2.33. The highest BCUT2D eigenvalue weighted by Gasteiger charge is 2.17. The Morgan fingerprint density at radius 2 is 1.19 bits per heavy atom. The molecule has 0 spiro atoms. The van der Waals surface area contributed by atoms with Crippen LogP contribution in [0.25, 0.3) is 0 Å². The zero-order chi connectivity index (χ0) is 19.4. The van der Waals surface area contributed by atoms with Crippen molar-refractivity contribution in [3.63, 3.8) is 0 Å². The maximum atomic E-state index is 8.92. The highest BCUT2D eigenvalue weighted by atomic mass is 15.3.